The van der Waals surface area contributed by atoms with Gasteiger partial charge in [0.15, 0.2) is 5.69 Å². The monoisotopic (exact) mass is 315 g/mol. The van der Waals surface area contributed by atoms with Crippen LogP contribution < -0.4 is 4.74 Å². The van der Waals surface area contributed by atoms with Crippen molar-refractivity contribution in [1.82, 2.24) is 15.0 Å². The van der Waals surface area contributed by atoms with Gasteiger partial charge >= 0.3 is 0 Å². The Morgan fingerprint density at radius 3 is 2.65 bits per heavy atom. The molecule has 0 aliphatic carbocycles. The Balaban J connectivity index is 1.77. The number of carbonyl (C=O) groups is 1. The predicted molar refractivity (Wildman–Crippen MR) is 85.5 cm³/mol. The van der Waals surface area contributed by atoms with E-state index < -0.39 is 0 Å². The van der Waals surface area contributed by atoms with E-state index in [4.69, 9.17) is 9.26 Å². The molecular formula is C17H21N3O3. The second-order valence-electron chi connectivity index (χ2n) is 5.84. The molecule has 3 rings (SSSR count). The zero-order valence-corrected chi connectivity index (χ0v) is 13.7. The van der Waals surface area contributed by atoms with Crippen LogP contribution in [-0.2, 0) is 0 Å². The molecule has 0 N–H and O–H groups in total. The average Bonchev–Trinajstić information content (AvgIpc) is 3.01. The third-order valence-corrected chi connectivity index (χ3v) is 4.28. The summed E-state index contributed by atoms with van der Waals surface area (Å²) in [4.78, 5) is 16.7. The number of carbonyl (C=O) groups excluding carboxylic acids is 1. The van der Waals surface area contributed by atoms with E-state index in [0.29, 0.717) is 24.5 Å². The molecule has 1 atom stereocenters. The molecule has 1 aliphatic heterocycles. The number of ether oxygens (including phenoxy) is 1. The summed E-state index contributed by atoms with van der Waals surface area (Å²) in [7, 11) is 3.74. The molecule has 1 aliphatic rings. The van der Waals surface area contributed by atoms with Gasteiger partial charge in [-0.25, -0.2) is 0 Å². The van der Waals surface area contributed by atoms with Crippen molar-refractivity contribution in [2.75, 3.05) is 33.8 Å². The standard InChI is InChI=1S/C17H21N3O3/c1-12-10-15(18-23-12)17(21)20-9-8-19(2)16(11-20)13-4-6-14(22-3)7-5-13/h4-7,10,16H,8-9,11H2,1-3H3/t16-/m1/s1. The van der Waals surface area contributed by atoms with Gasteiger partial charge in [0.1, 0.15) is 11.5 Å². The van der Waals surface area contributed by atoms with E-state index in [-0.39, 0.29) is 11.9 Å². The van der Waals surface area contributed by atoms with Gasteiger partial charge in [-0.1, -0.05) is 17.3 Å². The molecule has 0 saturated carbocycles. The highest BCUT2D eigenvalue weighted by Crippen LogP contribution is 2.26. The van der Waals surface area contributed by atoms with E-state index in [0.717, 1.165) is 12.3 Å². The smallest absolute Gasteiger partial charge is 0.276 e. The molecule has 1 amide bonds. The summed E-state index contributed by atoms with van der Waals surface area (Å²) in [6.45, 7) is 3.93. The number of rotatable bonds is 3. The maximum atomic E-state index is 12.6. The lowest BCUT2D eigenvalue weighted by Gasteiger charge is -2.39. The molecule has 0 unspecified atom stereocenters. The molecule has 6 heteroatoms. The predicted octanol–water partition coefficient (Wildman–Crippen LogP) is 2.12. The number of amides is 1. The minimum absolute atomic E-state index is 0.0755. The number of hydrogen-bond acceptors (Lipinski definition) is 5. The molecule has 1 aromatic heterocycles. The van der Waals surface area contributed by atoms with Crippen molar-refractivity contribution < 1.29 is 14.1 Å². The van der Waals surface area contributed by atoms with E-state index in [1.165, 1.54) is 5.56 Å². The van der Waals surface area contributed by atoms with Gasteiger partial charge in [-0.05, 0) is 31.7 Å². The van der Waals surface area contributed by atoms with Crippen LogP contribution in [0.2, 0.25) is 0 Å². The molecule has 0 spiro atoms. The Hall–Kier alpha value is -2.34. The Kier molecular flexibility index (Phi) is 4.34. The van der Waals surface area contributed by atoms with Crippen LogP contribution >= 0.6 is 0 Å². The van der Waals surface area contributed by atoms with Crippen LogP contribution in [0.25, 0.3) is 0 Å². The van der Waals surface area contributed by atoms with Crippen LogP contribution in [0.5, 0.6) is 5.75 Å². The van der Waals surface area contributed by atoms with Crippen LogP contribution in [0.3, 0.4) is 0 Å². The number of methoxy groups -OCH3 is 1. The number of nitrogens with zero attached hydrogens (tertiary/aromatic N) is 3. The molecule has 2 aromatic rings. The number of aromatic nitrogens is 1. The summed E-state index contributed by atoms with van der Waals surface area (Å²) in [5, 5.41) is 3.83. The second-order valence-corrected chi connectivity index (χ2v) is 5.84. The first-order chi connectivity index (χ1) is 11.1. The van der Waals surface area contributed by atoms with E-state index >= 15 is 0 Å². The van der Waals surface area contributed by atoms with Crippen molar-refractivity contribution in [2.24, 2.45) is 0 Å². The molecule has 1 saturated heterocycles. The van der Waals surface area contributed by atoms with Crippen molar-refractivity contribution in [2.45, 2.75) is 13.0 Å². The maximum absolute atomic E-state index is 12.6. The normalized spacial score (nSPS) is 18.9. The van der Waals surface area contributed by atoms with E-state index in [1.54, 1.807) is 20.1 Å². The second kappa shape index (κ2) is 6.42. The van der Waals surface area contributed by atoms with Gasteiger partial charge in [0.05, 0.1) is 13.2 Å². The Morgan fingerprint density at radius 1 is 1.30 bits per heavy atom. The van der Waals surface area contributed by atoms with Crippen LogP contribution in [0.1, 0.15) is 27.9 Å². The summed E-state index contributed by atoms with van der Waals surface area (Å²) in [6.07, 6.45) is 0. The van der Waals surface area contributed by atoms with Crippen molar-refractivity contribution in [3.8, 4) is 5.75 Å². The third-order valence-electron chi connectivity index (χ3n) is 4.28. The molecule has 2 heterocycles. The summed E-state index contributed by atoms with van der Waals surface area (Å²) >= 11 is 0. The van der Waals surface area contributed by atoms with E-state index in [9.17, 15) is 4.79 Å². The van der Waals surface area contributed by atoms with Crippen molar-refractivity contribution >= 4 is 5.91 Å². The summed E-state index contributed by atoms with van der Waals surface area (Å²) in [5.41, 5.74) is 1.54. The van der Waals surface area contributed by atoms with Gasteiger partial charge in [0.2, 0.25) is 0 Å². The molecule has 1 aromatic carbocycles. The molecule has 23 heavy (non-hydrogen) atoms. The van der Waals surface area contributed by atoms with Gasteiger partial charge in [-0.3, -0.25) is 9.69 Å². The lowest BCUT2D eigenvalue weighted by molar-refractivity contribution is 0.0536. The van der Waals surface area contributed by atoms with Gasteiger partial charge < -0.3 is 14.2 Å². The first kappa shape index (κ1) is 15.6. The summed E-state index contributed by atoms with van der Waals surface area (Å²) < 4.78 is 10.2. The first-order valence-corrected chi connectivity index (χ1v) is 7.65. The SMILES string of the molecule is COc1ccc([C@H]2CN(C(=O)c3cc(C)on3)CCN2C)cc1. The van der Waals surface area contributed by atoms with Crippen LogP contribution in [0.4, 0.5) is 0 Å². The topological polar surface area (TPSA) is 58.8 Å². The number of benzene rings is 1. The quantitative estimate of drug-likeness (QED) is 0.868. The lowest BCUT2D eigenvalue weighted by atomic mass is 10.0. The first-order valence-electron chi connectivity index (χ1n) is 7.65. The molecule has 0 bridgehead atoms. The zero-order valence-electron chi connectivity index (χ0n) is 13.7. The van der Waals surface area contributed by atoms with Gasteiger partial charge in [-0.2, -0.15) is 0 Å². The number of likely N-dealkylation sites (N-methyl/N-ethyl adjacent to an activating group) is 1. The minimum atomic E-state index is -0.0755. The zero-order chi connectivity index (χ0) is 16.4. The van der Waals surface area contributed by atoms with Crippen LogP contribution in [-0.4, -0.2) is 54.7 Å². The van der Waals surface area contributed by atoms with Crippen LogP contribution in [0.15, 0.2) is 34.9 Å². The average molecular weight is 315 g/mol. The van der Waals surface area contributed by atoms with Gasteiger partial charge in [0.25, 0.3) is 5.91 Å². The largest absolute Gasteiger partial charge is 0.497 e. The molecule has 122 valence electrons. The van der Waals surface area contributed by atoms with Crippen molar-refractivity contribution in [3.05, 3.63) is 47.3 Å². The lowest BCUT2D eigenvalue weighted by Crippen LogP contribution is -2.49. The third kappa shape index (κ3) is 3.22. The highest BCUT2D eigenvalue weighted by atomic mass is 16.5. The minimum Gasteiger partial charge on any atom is -0.497 e. The Bertz CT molecular complexity index is 681. The van der Waals surface area contributed by atoms with Gasteiger partial charge in [-0.15, -0.1) is 0 Å². The Morgan fingerprint density at radius 2 is 2.04 bits per heavy atom. The van der Waals surface area contributed by atoms with Crippen LogP contribution in [0, 0.1) is 6.92 Å². The van der Waals surface area contributed by atoms with Crippen molar-refractivity contribution in [3.63, 3.8) is 0 Å². The summed E-state index contributed by atoms with van der Waals surface area (Å²) in [6, 6.07) is 9.84. The highest BCUT2D eigenvalue weighted by Gasteiger charge is 2.30. The van der Waals surface area contributed by atoms with E-state index in [2.05, 4.69) is 17.1 Å². The fraction of sp³-hybridized carbons (Fsp3) is 0.412. The van der Waals surface area contributed by atoms with Gasteiger partial charge in [0, 0.05) is 25.7 Å². The number of aryl methyl sites for hydroxylation is 1. The fourth-order valence-corrected chi connectivity index (χ4v) is 2.87. The van der Waals surface area contributed by atoms with E-state index in [1.807, 2.05) is 29.2 Å². The highest BCUT2D eigenvalue weighted by molar-refractivity contribution is 5.92. The molecule has 6 nitrogen and oxygen atoms in total. The molecule has 1 fully saturated rings. The molecular weight excluding hydrogens is 294 g/mol. The number of hydrogen-bond donors (Lipinski definition) is 0. The Labute approximate surface area is 135 Å². The van der Waals surface area contributed by atoms with Crippen molar-refractivity contribution in [1.29, 1.82) is 0 Å². The maximum Gasteiger partial charge on any atom is 0.276 e. The molecule has 0 radical (unpaired) electrons. The fourth-order valence-electron chi connectivity index (χ4n) is 2.87. The number of piperazine rings is 1. The summed E-state index contributed by atoms with van der Waals surface area (Å²) in [5.74, 6) is 1.40.